The van der Waals surface area contributed by atoms with Crippen molar-refractivity contribution in [2.45, 2.75) is 12.5 Å². The van der Waals surface area contributed by atoms with Crippen molar-refractivity contribution < 1.29 is 28.2 Å². The summed E-state index contributed by atoms with van der Waals surface area (Å²) in [5.74, 6) is 0.0156. The van der Waals surface area contributed by atoms with E-state index in [0.29, 0.717) is 66.1 Å². The van der Waals surface area contributed by atoms with Crippen molar-refractivity contribution in [3.63, 3.8) is 0 Å². The Morgan fingerprint density at radius 3 is 2.44 bits per heavy atom. The van der Waals surface area contributed by atoms with Crippen LogP contribution in [0.1, 0.15) is 33.9 Å². The summed E-state index contributed by atoms with van der Waals surface area (Å²) in [4.78, 5) is 31.5. The number of carbonyl (C=O) groups excluding carboxylic acids is 2. The molecule has 0 N–H and O–H groups in total. The molecule has 11 heteroatoms. The van der Waals surface area contributed by atoms with Gasteiger partial charge >= 0.3 is 0 Å². The molecule has 2 aliphatic rings. The zero-order chi connectivity index (χ0) is 30.3. The minimum atomic E-state index is -0.483. The first kappa shape index (κ1) is 30.5. The Kier molecular flexibility index (Phi) is 9.91. The predicted octanol–water partition coefficient (Wildman–Crippen LogP) is 4.65. The van der Waals surface area contributed by atoms with Gasteiger partial charge in [-0.3, -0.25) is 14.5 Å². The number of hydrazone groups is 1. The number of ether oxygens (including phenoxy) is 3. The zero-order valence-electron chi connectivity index (χ0n) is 24.2. The highest BCUT2D eigenvalue weighted by atomic mass is 35.5. The van der Waals surface area contributed by atoms with Crippen molar-refractivity contribution >= 4 is 29.1 Å². The average molecular weight is 609 g/mol. The molecule has 9 nitrogen and oxygen atoms in total. The summed E-state index contributed by atoms with van der Waals surface area (Å²) in [6, 6.07) is 17.8. The molecule has 1 fully saturated rings. The number of hydrogen-bond acceptors (Lipinski definition) is 7. The third-order valence-corrected chi connectivity index (χ3v) is 7.97. The molecule has 1 atom stereocenters. The Morgan fingerprint density at radius 2 is 1.74 bits per heavy atom. The second-order valence-corrected chi connectivity index (χ2v) is 10.7. The van der Waals surface area contributed by atoms with Crippen LogP contribution in [-0.2, 0) is 9.53 Å². The maximum atomic E-state index is 14.1. The van der Waals surface area contributed by atoms with Crippen molar-refractivity contribution in [1.82, 2.24) is 14.8 Å². The Morgan fingerprint density at radius 1 is 1.02 bits per heavy atom. The largest absolute Gasteiger partial charge is 0.493 e. The third-order valence-electron chi connectivity index (χ3n) is 7.64. The van der Waals surface area contributed by atoms with Gasteiger partial charge in [0, 0.05) is 32.6 Å². The van der Waals surface area contributed by atoms with Crippen LogP contribution in [0.5, 0.6) is 11.5 Å². The van der Waals surface area contributed by atoms with Crippen LogP contribution in [0.4, 0.5) is 4.39 Å². The second kappa shape index (κ2) is 14.0. The molecule has 0 spiro atoms. The number of amides is 2. The highest BCUT2D eigenvalue weighted by molar-refractivity contribution is 6.33. The van der Waals surface area contributed by atoms with E-state index in [-0.39, 0.29) is 24.2 Å². The van der Waals surface area contributed by atoms with E-state index in [1.54, 1.807) is 56.7 Å². The van der Waals surface area contributed by atoms with Crippen LogP contribution in [-0.4, -0.2) is 92.5 Å². The van der Waals surface area contributed by atoms with Crippen LogP contribution in [0, 0.1) is 5.82 Å². The Labute approximate surface area is 255 Å². The lowest BCUT2D eigenvalue weighted by Crippen LogP contribution is -2.46. The molecule has 3 aromatic rings. The van der Waals surface area contributed by atoms with Gasteiger partial charge in [0.05, 0.1) is 49.8 Å². The van der Waals surface area contributed by atoms with E-state index in [1.165, 1.54) is 22.0 Å². The molecule has 43 heavy (non-hydrogen) atoms. The smallest absolute Gasteiger partial charge is 0.262 e. The summed E-state index contributed by atoms with van der Waals surface area (Å²) in [5, 5.41) is 6.45. The third kappa shape index (κ3) is 7.15. The topological polar surface area (TPSA) is 83.9 Å². The van der Waals surface area contributed by atoms with Crippen molar-refractivity contribution in [3.8, 4) is 11.5 Å². The van der Waals surface area contributed by atoms with Gasteiger partial charge in [-0.05, 0) is 47.5 Å². The van der Waals surface area contributed by atoms with Gasteiger partial charge in [-0.25, -0.2) is 9.40 Å². The molecule has 0 aliphatic carbocycles. The van der Waals surface area contributed by atoms with Gasteiger partial charge in [-0.1, -0.05) is 41.9 Å². The number of hydrogen-bond donors (Lipinski definition) is 0. The minimum Gasteiger partial charge on any atom is -0.493 e. The van der Waals surface area contributed by atoms with E-state index in [9.17, 15) is 14.0 Å². The first-order valence-electron chi connectivity index (χ1n) is 14.1. The fourth-order valence-electron chi connectivity index (χ4n) is 5.26. The molecule has 226 valence electrons. The monoisotopic (exact) mass is 608 g/mol. The lowest BCUT2D eigenvalue weighted by Gasteiger charge is -2.31. The molecule has 5 rings (SSSR count). The maximum absolute atomic E-state index is 14.1. The molecule has 3 aromatic carbocycles. The molecule has 2 aliphatic heterocycles. The van der Waals surface area contributed by atoms with E-state index in [4.69, 9.17) is 30.9 Å². The summed E-state index contributed by atoms with van der Waals surface area (Å²) in [6.45, 7) is 3.44. The van der Waals surface area contributed by atoms with E-state index < -0.39 is 6.04 Å². The van der Waals surface area contributed by atoms with Crippen LogP contribution in [0.2, 0.25) is 5.02 Å². The van der Waals surface area contributed by atoms with Gasteiger partial charge in [0.1, 0.15) is 12.4 Å². The van der Waals surface area contributed by atoms with Gasteiger partial charge in [-0.2, -0.15) is 5.10 Å². The summed E-state index contributed by atoms with van der Waals surface area (Å²) >= 11 is 6.39. The molecule has 2 amide bonds. The first-order valence-corrected chi connectivity index (χ1v) is 14.5. The van der Waals surface area contributed by atoms with Gasteiger partial charge in [0.2, 0.25) is 0 Å². The van der Waals surface area contributed by atoms with Crippen molar-refractivity contribution in [2.75, 3.05) is 60.2 Å². The number of rotatable bonds is 10. The molecule has 0 bridgehead atoms. The van der Waals surface area contributed by atoms with Gasteiger partial charge < -0.3 is 19.1 Å². The molecular weight excluding hydrogens is 575 g/mol. The van der Waals surface area contributed by atoms with E-state index in [0.717, 1.165) is 18.7 Å². The SMILES string of the molecule is COc1ccc(C2CC(c3ccc(F)cc3)=NN2C(=O)CN(CCN2CCOCC2)C(=O)c2ccccc2Cl)cc1OC. The lowest BCUT2D eigenvalue weighted by atomic mass is 9.98. The van der Waals surface area contributed by atoms with Crippen LogP contribution in [0.15, 0.2) is 71.8 Å². The highest BCUT2D eigenvalue weighted by Gasteiger charge is 2.35. The van der Waals surface area contributed by atoms with Gasteiger partial charge in [0.15, 0.2) is 11.5 Å². The number of carbonyl (C=O) groups is 2. The first-order chi connectivity index (χ1) is 20.9. The Hall–Kier alpha value is -3.99. The predicted molar refractivity (Wildman–Crippen MR) is 161 cm³/mol. The second-order valence-electron chi connectivity index (χ2n) is 10.3. The Balaban J connectivity index is 1.45. The van der Waals surface area contributed by atoms with Crippen molar-refractivity contribution in [1.29, 1.82) is 0 Å². The van der Waals surface area contributed by atoms with Crippen molar-refractivity contribution in [3.05, 3.63) is 94.3 Å². The van der Waals surface area contributed by atoms with Gasteiger partial charge in [-0.15, -0.1) is 0 Å². The number of morpholine rings is 1. The Bertz CT molecular complexity index is 1480. The maximum Gasteiger partial charge on any atom is 0.262 e. The fourth-order valence-corrected chi connectivity index (χ4v) is 5.47. The van der Waals surface area contributed by atoms with Gasteiger partial charge in [0.25, 0.3) is 11.8 Å². The molecule has 1 saturated heterocycles. The van der Waals surface area contributed by atoms with E-state index in [2.05, 4.69) is 4.90 Å². The molecule has 0 radical (unpaired) electrons. The normalized spacial score (nSPS) is 17.0. The average Bonchev–Trinajstić information content (AvgIpc) is 3.49. The van der Waals surface area contributed by atoms with Crippen LogP contribution in [0.3, 0.4) is 0 Å². The molecule has 0 aromatic heterocycles. The summed E-state index contributed by atoms with van der Waals surface area (Å²) in [6.07, 6.45) is 0.388. The van der Waals surface area contributed by atoms with E-state index >= 15 is 0 Å². The fraction of sp³-hybridized carbons (Fsp3) is 0.344. The standard InChI is InChI=1S/C32H34ClFN4O5/c1-41-29-12-9-23(19-30(29)42-2)28-20-27(22-7-10-24(34)11-8-22)35-38(28)31(39)21-37(14-13-36-15-17-43-18-16-36)32(40)25-5-3-4-6-26(25)33/h3-12,19,28H,13-18,20-21H2,1-2H3. The van der Waals surface area contributed by atoms with E-state index in [1.807, 2.05) is 12.1 Å². The summed E-state index contributed by atoms with van der Waals surface area (Å²) in [5.41, 5.74) is 2.44. The molecular formula is C32H34ClFN4O5. The zero-order valence-corrected chi connectivity index (χ0v) is 24.9. The molecule has 2 heterocycles. The summed E-state index contributed by atoms with van der Waals surface area (Å²) < 4.78 is 30.1. The highest BCUT2D eigenvalue weighted by Crippen LogP contribution is 2.37. The van der Waals surface area contributed by atoms with Crippen molar-refractivity contribution in [2.24, 2.45) is 5.10 Å². The number of methoxy groups -OCH3 is 2. The number of halogens is 2. The van der Waals surface area contributed by atoms with Crippen LogP contribution >= 0.6 is 11.6 Å². The van der Waals surface area contributed by atoms with Crippen LogP contribution < -0.4 is 9.47 Å². The molecule has 0 saturated carbocycles. The minimum absolute atomic E-state index is 0.210. The quantitative estimate of drug-likeness (QED) is 0.333. The number of benzene rings is 3. The number of nitrogens with zero attached hydrogens (tertiary/aromatic N) is 4. The van der Waals surface area contributed by atoms with Crippen LogP contribution in [0.25, 0.3) is 0 Å². The lowest BCUT2D eigenvalue weighted by molar-refractivity contribution is -0.133. The summed E-state index contributed by atoms with van der Waals surface area (Å²) in [7, 11) is 3.10. The molecule has 1 unspecified atom stereocenters.